The van der Waals surface area contributed by atoms with Gasteiger partial charge in [-0.15, -0.1) is 11.3 Å². The SMILES string of the molecule is CCN(C(=O)c1cc(C)c(C)s1)c1nc2ccccc2s1. The van der Waals surface area contributed by atoms with E-state index in [0.29, 0.717) is 6.54 Å². The van der Waals surface area contributed by atoms with Crippen LogP contribution in [-0.2, 0) is 0 Å². The van der Waals surface area contributed by atoms with Crippen molar-refractivity contribution >= 4 is 43.9 Å². The van der Waals surface area contributed by atoms with Crippen LogP contribution in [0.2, 0.25) is 0 Å². The molecule has 0 N–H and O–H groups in total. The molecule has 3 rings (SSSR count). The van der Waals surface area contributed by atoms with Crippen molar-refractivity contribution in [2.45, 2.75) is 20.8 Å². The summed E-state index contributed by atoms with van der Waals surface area (Å²) in [5.41, 5.74) is 2.12. The van der Waals surface area contributed by atoms with Crippen LogP contribution in [0.15, 0.2) is 30.3 Å². The maximum absolute atomic E-state index is 12.7. The van der Waals surface area contributed by atoms with Crippen molar-refractivity contribution in [2.24, 2.45) is 0 Å². The van der Waals surface area contributed by atoms with Crippen molar-refractivity contribution in [1.29, 1.82) is 0 Å². The van der Waals surface area contributed by atoms with Crippen molar-refractivity contribution in [2.75, 3.05) is 11.4 Å². The maximum Gasteiger partial charge on any atom is 0.270 e. The smallest absolute Gasteiger partial charge is 0.270 e. The van der Waals surface area contributed by atoms with Gasteiger partial charge in [0.15, 0.2) is 5.13 Å². The fraction of sp³-hybridized carbons (Fsp3) is 0.250. The molecule has 0 aliphatic rings. The minimum Gasteiger partial charge on any atom is -0.284 e. The van der Waals surface area contributed by atoms with Gasteiger partial charge in [0.1, 0.15) is 0 Å². The fourth-order valence-electron chi connectivity index (χ4n) is 2.15. The van der Waals surface area contributed by atoms with Crippen molar-refractivity contribution in [3.05, 3.63) is 45.6 Å². The van der Waals surface area contributed by atoms with Crippen LogP contribution in [0.25, 0.3) is 10.2 Å². The second-order valence-corrected chi connectivity index (χ2v) is 7.13. The van der Waals surface area contributed by atoms with Crippen LogP contribution in [-0.4, -0.2) is 17.4 Å². The number of rotatable bonds is 3. The lowest BCUT2D eigenvalue weighted by Crippen LogP contribution is -2.29. The number of nitrogens with zero attached hydrogens (tertiary/aromatic N) is 2. The summed E-state index contributed by atoms with van der Waals surface area (Å²) in [6.07, 6.45) is 0. The number of benzene rings is 1. The summed E-state index contributed by atoms with van der Waals surface area (Å²) in [6, 6.07) is 9.95. The van der Waals surface area contributed by atoms with E-state index in [2.05, 4.69) is 4.98 Å². The minimum atomic E-state index is 0.0396. The first-order valence-corrected chi connectivity index (χ1v) is 8.48. The van der Waals surface area contributed by atoms with Crippen LogP contribution in [0.4, 0.5) is 5.13 Å². The number of fused-ring (bicyclic) bond motifs is 1. The number of aryl methyl sites for hydroxylation is 2. The number of anilines is 1. The first kappa shape index (κ1) is 14.2. The van der Waals surface area contributed by atoms with E-state index >= 15 is 0 Å². The van der Waals surface area contributed by atoms with Gasteiger partial charge in [-0.05, 0) is 44.5 Å². The molecule has 0 radical (unpaired) electrons. The Morgan fingerprint density at radius 3 is 2.62 bits per heavy atom. The summed E-state index contributed by atoms with van der Waals surface area (Å²) in [4.78, 5) is 21.0. The van der Waals surface area contributed by atoms with Crippen LogP contribution in [0.1, 0.15) is 27.0 Å². The van der Waals surface area contributed by atoms with E-state index < -0.39 is 0 Å². The average molecular weight is 316 g/mol. The minimum absolute atomic E-state index is 0.0396. The number of thiophene rings is 1. The van der Waals surface area contributed by atoms with Crippen molar-refractivity contribution < 1.29 is 4.79 Å². The summed E-state index contributed by atoms with van der Waals surface area (Å²) in [5, 5.41) is 0.771. The van der Waals surface area contributed by atoms with Crippen LogP contribution < -0.4 is 4.90 Å². The van der Waals surface area contributed by atoms with Crippen molar-refractivity contribution in [1.82, 2.24) is 4.98 Å². The highest BCUT2D eigenvalue weighted by atomic mass is 32.1. The van der Waals surface area contributed by atoms with Gasteiger partial charge in [0, 0.05) is 11.4 Å². The molecule has 1 aromatic carbocycles. The highest BCUT2D eigenvalue weighted by Gasteiger charge is 2.21. The molecule has 0 aliphatic heterocycles. The quantitative estimate of drug-likeness (QED) is 0.705. The molecule has 0 fully saturated rings. The molecule has 108 valence electrons. The van der Waals surface area contributed by atoms with Crippen molar-refractivity contribution in [3.63, 3.8) is 0 Å². The number of amides is 1. The third-order valence-corrected chi connectivity index (χ3v) is 5.65. The lowest BCUT2D eigenvalue weighted by atomic mass is 10.3. The van der Waals surface area contributed by atoms with E-state index in [1.165, 1.54) is 10.4 Å². The van der Waals surface area contributed by atoms with Gasteiger partial charge in [-0.3, -0.25) is 9.69 Å². The second-order valence-electron chi connectivity index (χ2n) is 4.86. The molecular weight excluding hydrogens is 300 g/mol. The molecule has 3 aromatic rings. The second kappa shape index (κ2) is 5.58. The molecule has 0 unspecified atom stereocenters. The molecule has 0 saturated carbocycles. The zero-order valence-electron chi connectivity index (χ0n) is 12.2. The van der Waals surface area contributed by atoms with Gasteiger partial charge in [0.2, 0.25) is 0 Å². The maximum atomic E-state index is 12.7. The molecule has 0 aliphatic carbocycles. The van der Waals surface area contributed by atoms with Gasteiger partial charge in [0.05, 0.1) is 15.1 Å². The number of para-hydroxylation sites is 1. The number of carbonyl (C=O) groups is 1. The highest BCUT2D eigenvalue weighted by Crippen LogP contribution is 2.30. The molecule has 5 heteroatoms. The van der Waals surface area contributed by atoms with Crippen LogP contribution in [0, 0.1) is 13.8 Å². The summed E-state index contributed by atoms with van der Waals surface area (Å²) in [5.74, 6) is 0.0396. The van der Waals surface area contributed by atoms with E-state index in [9.17, 15) is 4.79 Å². The standard InChI is InChI=1S/C16H16N2OS2/c1-4-18(15(19)14-9-10(2)11(3)20-14)16-17-12-7-5-6-8-13(12)21-16/h5-9H,4H2,1-3H3. The molecule has 2 aromatic heterocycles. The molecule has 21 heavy (non-hydrogen) atoms. The summed E-state index contributed by atoms with van der Waals surface area (Å²) >= 11 is 3.12. The third-order valence-electron chi connectivity index (χ3n) is 3.45. The number of hydrogen-bond acceptors (Lipinski definition) is 4. The average Bonchev–Trinajstić information content (AvgIpc) is 3.03. The number of thiazole rings is 1. The van der Waals surface area contributed by atoms with E-state index in [0.717, 1.165) is 20.2 Å². The molecule has 2 heterocycles. The Morgan fingerprint density at radius 2 is 2.00 bits per heavy atom. The normalized spacial score (nSPS) is 11.0. The van der Waals surface area contributed by atoms with Crippen molar-refractivity contribution in [3.8, 4) is 0 Å². The van der Waals surface area contributed by atoms with Gasteiger partial charge < -0.3 is 0 Å². The Balaban J connectivity index is 1.99. The molecular formula is C16H16N2OS2. The topological polar surface area (TPSA) is 33.2 Å². The molecule has 0 spiro atoms. The summed E-state index contributed by atoms with van der Waals surface area (Å²) in [6.45, 7) is 6.69. The van der Waals surface area contributed by atoms with Crippen LogP contribution >= 0.6 is 22.7 Å². The predicted octanol–water partition coefficient (Wildman–Crippen LogP) is 4.64. The number of aromatic nitrogens is 1. The van der Waals surface area contributed by atoms with Gasteiger partial charge in [-0.1, -0.05) is 23.5 Å². The lowest BCUT2D eigenvalue weighted by molar-refractivity contribution is 0.0992. The summed E-state index contributed by atoms with van der Waals surface area (Å²) in [7, 11) is 0. The fourth-order valence-corrected chi connectivity index (χ4v) is 4.16. The highest BCUT2D eigenvalue weighted by molar-refractivity contribution is 7.22. The third kappa shape index (κ3) is 2.59. The van der Waals surface area contributed by atoms with Crippen LogP contribution in [0.3, 0.4) is 0 Å². The molecule has 0 bridgehead atoms. The largest absolute Gasteiger partial charge is 0.284 e. The molecule has 1 amide bonds. The Kier molecular flexibility index (Phi) is 3.78. The zero-order chi connectivity index (χ0) is 15.0. The van der Waals surface area contributed by atoms with Gasteiger partial charge in [-0.25, -0.2) is 4.98 Å². The van der Waals surface area contributed by atoms with Crippen LogP contribution in [0.5, 0.6) is 0 Å². The number of hydrogen-bond donors (Lipinski definition) is 0. The van der Waals surface area contributed by atoms with E-state index in [1.54, 1.807) is 27.6 Å². The Labute approximate surface area is 131 Å². The summed E-state index contributed by atoms with van der Waals surface area (Å²) < 4.78 is 1.11. The Bertz CT molecular complexity index is 751. The first-order chi connectivity index (χ1) is 10.1. The molecule has 0 saturated heterocycles. The van der Waals surface area contributed by atoms with E-state index in [-0.39, 0.29) is 5.91 Å². The Morgan fingerprint density at radius 1 is 1.24 bits per heavy atom. The molecule has 3 nitrogen and oxygen atoms in total. The monoisotopic (exact) mass is 316 g/mol. The number of carbonyl (C=O) groups excluding carboxylic acids is 1. The van der Waals surface area contributed by atoms with Gasteiger partial charge in [-0.2, -0.15) is 0 Å². The predicted molar refractivity (Wildman–Crippen MR) is 90.8 cm³/mol. The zero-order valence-corrected chi connectivity index (χ0v) is 13.8. The Hall–Kier alpha value is -1.72. The first-order valence-electron chi connectivity index (χ1n) is 6.84. The molecule has 0 atom stereocenters. The van der Waals surface area contributed by atoms with E-state index in [1.807, 2.05) is 51.1 Å². The van der Waals surface area contributed by atoms with Gasteiger partial charge >= 0.3 is 0 Å². The van der Waals surface area contributed by atoms with Gasteiger partial charge in [0.25, 0.3) is 5.91 Å². The lowest BCUT2D eigenvalue weighted by Gasteiger charge is -2.16. The van der Waals surface area contributed by atoms with E-state index in [4.69, 9.17) is 0 Å².